The maximum atomic E-state index is 12.7. The molecular weight excluding hydrogens is 350 g/mol. The van der Waals surface area contributed by atoms with Gasteiger partial charge in [-0.3, -0.25) is 4.79 Å². The van der Waals surface area contributed by atoms with Crippen LogP contribution in [0.4, 0.5) is 0 Å². The number of thioether (sulfide) groups is 1. The van der Waals surface area contributed by atoms with Crippen LogP contribution in [0.5, 0.6) is 0 Å². The summed E-state index contributed by atoms with van der Waals surface area (Å²) >= 11 is 9.27. The van der Waals surface area contributed by atoms with Crippen molar-refractivity contribution in [2.24, 2.45) is 0 Å². The monoisotopic (exact) mass is 363 g/mol. The zero-order valence-corrected chi connectivity index (χ0v) is 14.7. The van der Waals surface area contributed by atoms with Gasteiger partial charge >= 0.3 is 0 Å². The minimum atomic E-state index is 0.0286. The molecule has 118 valence electrons. The lowest BCUT2D eigenvalue weighted by Gasteiger charge is -2.38. The molecule has 7 heteroatoms. The molecule has 1 fully saturated rings. The van der Waals surface area contributed by atoms with Gasteiger partial charge in [0, 0.05) is 30.1 Å². The van der Waals surface area contributed by atoms with E-state index in [9.17, 15) is 4.79 Å². The Hall–Kier alpha value is -1.50. The normalized spacial score (nSPS) is 23.9. The maximum absolute atomic E-state index is 12.7. The van der Waals surface area contributed by atoms with E-state index < -0.39 is 0 Å². The van der Waals surface area contributed by atoms with E-state index in [4.69, 9.17) is 11.6 Å². The van der Waals surface area contributed by atoms with Gasteiger partial charge in [-0.2, -0.15) is 0 Å². The topological polar surface area (TPSA) is 36.4 Å². The number of carbonyl (C=O) groups excluding carboxylic acids is 1. The number of halogens is 1. The highest BCUT2D eigenvalue weighted by atomic mass is 35.5. The second-order valence-electron chi connectivity index (χ2n) is 5.46. The van der Waals surface area contributed by atoms with E-state index in [0.29, 0.717) is 4.47 Å². The number of aromatic nitrogens is 1. The largest absolute Gasteiger partial charge is 0.339 e. The zero-order valence-electron chi connectivity index (χ0n) is 12.3. The second kappa shape index (κ2) is 5.85. The molecule has 2 atom stereocenters. The molecule has 4 rings (SSSR count). The lowest BCUT2D eigenvalue weighted by Crippen LogP contribution is -2.46. The Kier molecular flexibility index (Phi) is 3.83. The predicted octanol–water partition coefficient (Wildman–Crippen LogP) is 3.68. The summed E-state index contributed by atoms with van der Waals surface area (Å²) < 4.78 is 0.558. The fourth-order valence-corrected chi connectivity index (χ4v) is 5.50. The van der Waals surface area contributed by atoms with Crippen LogP contribution in [-0.4, -0.2) is 39.0 Å². The fraction of sp³-hybridized carbons (Fsp3) is 0.250. The van der Waals surface area contributed by atoms with Crippen molar-refractivity contribution in [1.82, 2.24) is 14.8 Å². The Labute approximate surface area is 147 Å². The summed E-state index contributed by atoms with van der Waals surface area (Å²) in [6.45, 7) is 0. The van der Waals surface area contributed by atoms with E-state index in [1.807, 2.05) is 54.7 Å². The summed E-state index contributed by atoms with van der Waals surface area (Å²) in [4.78, 5) is 22.1. The van der Waals surface area contributed by atoms with Gasteiger partial charge in [-0.05, 0) is 5.56 Å². The van der Waals surface area contributed by atoms with Crippen molar-refractivity contribution < 1.29 is 4.79 Å². The minimum absolute atomic E-state index is 0.0286. The third-order valence-corrected chi connectivity index (χ3v) is 6.67. The SMILES string of the molecule is CN1C(=O)C(c2ccccc2)=CN2C(c3cnc(Cl)s3)CSC12. The number of carbonyl (C=O) groups is 1. The average molecular weight is 364 g/mol. The molecular formula is C16H14ClN3OS2. The van der Waals surface area contributed by atoms with E-state index in [1.54, 1.807) is 11.8 Å². The number of thiazole rings is 1. The molecule has 1 saturated heterocycles. The average Bonchev–Trinajstić information content (AvgIpc) is 3.17. The highest BCUT2D eigenvalue weighted by Gasteiger charge is 2.42. The van der Waals surface area contributed by atoms with Gasteiger partial charge in [-0.15, -0.1) is 23.1 Å². The zero-order chi connectivity index (χ0) is 16.0. The Bertz CT molecular complexity index is 777. The van der Waals surface area contributed by atoms with Crippen molar-refractivity contribution in [3.8, 4) is 0 Å². The van der Waals surface area contributed by atoms with Crippen molar-refractivity contribution in [3.63, 3.8) is 0 Å². The molecule has 2 aromatic rings. The Morgan fingerprint density at radius 1 is 1.30 bits per heavy atom. The maximum Gasteiger partial charge on any atom is 0.257 e. The summed E-state index contributed by atoms with van der Waals surface area (Å²) in [7, 11) is 1.87. The first kappa shape index (κ1) is 15.1. The molecule has 2 aliphatic heterocycles. The van der Waals surface area contributed by atoms with Gasteiger partial charge < -0.3 is 9.80 Å². The molecule has 1 aromatic heterocycles. The van der Waals surface area contributed by atoms with Crippen LogP contribution in [0.3, 0.4) is 0 Å². The Morgan fingerprint density at radius 2 is 2.09 bits per heavy atom. The van der Waals surface area contributed by atoms with Gasteiger partial charge in [0.15, 0.2) is 9.96 Å². The number of hydrogen-bond donors (Lipinski definition) is 0. The van der Waals surface area contributed by atoms with Crippen LogP contribution in [0.15, 0.2) is 42.7 Å². The molecule has 1 amide bonds. The van der Waals surface area contributed by atoms with E-state index in [1.165, 1.54) is 11.3 Å². The van der Waals surface area contributed by atoms with Crippen LogP contribution in [0, 0.1) is 0 Å². The molecule has 3 heterocycles. The fourth-order valence-electron chi connectivity index (χ4n) is 2.93. The number of nitrogens with zero attached hydrogens (tertiary/aromatic N) is 3. The van der Waals surface area contributed by atoms with Gasteiger partial charge in [0.25, 0.3) is 5.91 Å². The van der Waals surface area contributed by atoms with E-state index in [-0.39, 0.29) is 17.4 Å². The summed E-state index contributed by atoms with van der Waals surface area (Å²) in [6, 6.07) is 10.0. The quantitative estimate of drug-likeness (QED) is 0.815. The number of amides is 1. The Morgan fingerprint density at radius 3 is 2.78 bits per heavy atom. The molecule has 1 aromatic carbocycles. The first-order valence-electron chi connectivity index (χ1n) is 7.20. The van der Waals surface area contributed by atoms with Gasteiger partial charge in [0.1, 0.15) is 0 Å². The number of hydrogen-bond acceptors (Lipinski definition) is 5. The minimum Gasteiger partial charge on any atom is -0.339 e. The van der Waals surface area contributed by atoms with Crippen molar-refractivity contribution in [1.29, 1.82) is 0 Å². The standard InChI is InChI=1S/C16H14ClN3OS2/c1-19-14(21)11(10-5-3-2-4-6-10)8-20-12(9-22-16(19)20)13-7-18-15(17)23-13/h2-8,12,16H,9H2,1H3. The predicted molar refractivity (Wildman–Crippen MR) is 95.1 cm³/mol. The molecule has 0 spiro atoms. The first-order chi connectivity index (χ1) is 11.1. The van der Waals surface area contributed by atoms with E-state index in [0.717, 1.165) is 21.8 Å². The molecule has 0 bridgehead atoms. The summed E-state index contributed by atoms with van der Waals surface area (Å²) in [5, 5.41) is 0. The summed E-state index contributed by atoms with van der Waals surface area (Å²) in [6.07, 6.45) is 3.84. The molecule has 2 unspecified atom stereocenters. The molecule has 2 aliphatic rings. The first-order valence-corrected chi connectivity index (χ1v) is 9.44. The van der Waals surface area contributed by atoms with Crippen LogP contribution >= 0.6 is 34.7 Å². The molecule has 0 radical (unpaired) electrons. The third kappa shape index (κ3) is 2.55. The van der Waals surface area contributed by atoms with Crippen LogP contribution in [0.2, 0.25) is 4.47 Å². The van der Waals surface area contributed by atoms with Gasteiger partial charge in [0.2, 0.25) is 0 Å². The van der Waals surface area contributed by atoms with E-state index >= 15 is 0 Å². The molecule has 4 nitrogen and oxygen atoms in total. The van der Waals surface area contributed by atoms with E-state index in [2.05, 4.69) is 9.88 Å². The number of rotatable bonds is 2. The Balaban J connectivity index is 1.75. The molecule has 0 saturated carbocycles. The summed E-state index contributed by atoms with van der Waals surface area (Å²) in [5.41, 5.74) is 1.70. The smallest absolute Gasteiger partial charge is 0.257 e. The van der Waals surface area contributed by atoms with Gasteiger partial charge in [-0.1, -0.05) is 41.9 Å². The van der Waals surface area contributed by atoms with Gasteiger partial charge in [-0.25, -0.2) is 4.98 Å². The third-order valence-electron chi connectivity index (χ3n) is 4.09. The number of likely N-dealkylation sites (N-methyl/N-ethyl adjacent to an activating group) is 1. The van der Waals surface area contributed by atoms with Crippen molar-refractivity contribution in [2.45, 2.75) is 11.5 Å². The van der Waals surface area contributed by atoms with Crippen molar-refractivity contribution >= 4 is 46.2 Å². The highest BCUT2D eigenvalue weighted by molar-refractivity contribution is 8.00. The van der Waals surface area contributed by atoms with Crippen molar-refractivity contribution in [2.75, 3.05) is 12.8 Å². The highest BCUT2D eigenvalue weighted by Crippen LogP contribution is 2.45. The lowest BCUT2D eigenvalue weighted by molar-refractivity contribution is -0.127. The molecule has 0 N–H and O–H groups in total. The van der Waals surface area contributed by atoms with Crippen LogP contribution in [0.1, 0.15) is 16.5 Å². The number of benzene rings is 1. The van der Waals surface area contributed by atoms with Gasteiger partial charge in [0.05, 0.1) is 11.6 Å². The molecule has 0 aliphatic carbocycles. The van der Waals surface area contributed by atoms with Crippen LogP contribution in [0.25, 0.3) is 5.57 Å². The van der Waals surface area contributed by atoms with Crippen LogP contribution in [-0.2, 0) is 4.79 Å². The van der Waals surface area contributed by atoms with Crippen LogP contribution < -0.4 is 0 Å². The van der Waals surface area contributed by atoms with Crippen molar-refractivity contribution in [3.05, 3.63) is 57.6 Å². The number of fused-ring (bicyclic) bond motifs is 1. The molecule has 23 heavy (non-hydrogen) atoms. The summed E-state index contributed by atoms with van der Waals surface area (Å²) in [5.74, 6) is 0.979. The lowest BCUT2D eigenvalue weighted by atomic mass is 10.0. The second-order valence-corrected chi connectivity index (χ2v) is 8.20.